The fourth-order valence-corrected chi connectivity index (χ4v) is 5.74. The second-order valence-electron chi connectivity index (χ2n) is 9.09. The highest BCUT2D eigenvalue weighted by atomic mass is 16.5. The molecule has 0 radical (unpaired) electrons. The molecule has 1 aliphatic heterocycles. The Kier molecular flexibility index (Phi) is 5.18. The Labute approximate surface area is 179 Å². The zero-order valence-corrected chi connectivity index (χ0v) is 18.5. The second-order valence-corrected chi connectivity index (χ2v) is 9.09. The minimum Gasteiger partial charge on any atom is -0.494 e. The van der Waals surface area contributed by atoms with Gasteiger partial charge in [0.15, 0.2) is 0 Å². The lowest BCUT2D eigenvalue weighted by Gasteiger charge is -2.33. The van der Waals surface area contributed by atoms with Crippen LogP contribution in [0.2, 0.25) is 0 Å². The quantitative estimate of drug-likeness (QED) is 0.612. The van der Waals surface area contributed by atoms with Crippen LogP contribution in [0.4, 0.5) is 0 Å². The number of aryl methyl sites for hydroxylation is 2. The summed E-state index contributed by atoms with van der Waals surface area (Å²) in [6.45, 7) is 2.30. The number of ether oxygens (including phenoxy) is 1. The van der Waals surface area contributed by atoms with E-state index in [1.807, 2.05) is 0 Å². The van der Waals surface area contributed by atoms with Crippen LogP contribution in [0.1, 0.15) is 91.9 Å². The molecule has 2 unspecified atom stereocenters. The summed E-state index contributed by atoms with van der Waals surface area (Å²) in [5, 5.41) is 0. The van der Waals surface area contributed by atoms with Crippen LogP contribution in [0.3, 0.4) is 0 Å². The van der Waals surface area contributed by atoms with E-state index in [-0.39, 0.29) is 0 Å². The van der Waals surface area contributed by atoms with Gasteiger partial charge in [0.05, 0.1) is 18.5 Å². The van der Waals surface area contributed by atoms with Crippen molar-refractivity contribution < 1.29 is 4.74 Å². The van der Waals surface area contributed by atoms with Gasteiger partial charge >= 0.3 is 0 Å². The predicted molar refractivity (Wildman–Crippen MR) is 123 cm³/mol. The zero-order valence-electron chi connectivity index (χ0n) is 18.5. The molecule has 2 atom stereocenters. The molecule has 0 spiro atoms. The molecule has 0 fully saturated rings. The molecule has 30 heavy (non-hydrogen) atoms. The van der Waals surface area contributed by atoms with Gasteiger partial charge in [-0.2, -0.15) is 0 Å². The summed E-state index contributed by atoms with van der Waals surface area (Å²) in [6.07, 6.45) is 16.8. The van der Waals surface area contributed by atoms with E-state index in [2.05, 4.69) is 54.0 Å². The maximum Gasteiger partial charge on any atom is 0.146 e. The molecule has 2 aliphatic carbocycles. The molecular formula is C26H33N3O. The Hall–Kier alpha value is -2.49. The first-order valence-corrected chi connectivity index (χ1v) is 11.6. The van der Waals surface area contributed by atoms with Crippen LogP contribution >= 0.6 is 0 Å². The van der Waals surface area contributed by atoms with Crippen molar-refractivity contribution in [3.05, 3.63) is 64.1 Å². The van der Waals surface area contributed by atoms with Crippen LogP contribution in [-0.2, 0) is 18.2 Å². The minimum absolute atomic E-state index is 0.679. The number of hydrogen-bond donors (Lipinski definition) is 1. The maximum atomic E-state index is 5.72. The Morgan fingerprint density at radius 3 is 2.93 bits per heavy atom. The van der Waals surface area contributed by atoms with Crippen molar-refractivity contribution in [2.45, 2.75) is 70.1 Å². The first-order valence-electron chi connectivity index (χ1n) is 11.6. The van der Waals surface area contributed by atoms with Crippen LogP contribution < -0.4 is 0 Å². The summed E-state index contributed by atoms with van der Waals surface area (Å²) in [7, 11) is 3.80. The normalized spacial score (nSPS) is 24.0. The van der Waals surface area contributed by atoms with Gasteiger partial charge < -0.3 is 14.3 Å². The number of hydrogen-bond acceptors (Lipinski definition) is 2. The van der Waals surface area contributed by atoms with Crippen LogP contribution in [0.5, 0.6) is 0 Å². The molecular weight excluding hydrogens is 370 g/mol. The molecule has 4 heteroatoms. The molecule has 3 aliphatic rings. The number of unbranched alkanes of at least 4 members (excludes halogenated alkanes) is 1. The van der Waals surface area contributed by atoms with E-state index in [4.69, 9.17) is 9.73 Å². The van der Waals surface area contributed by atoms with Gasteiger partial charge in [0.25, 0.3) is 0 Å². The van der Waals surface area contributed by atoms with Crippen molar-refractivity contribution >= 4 is 11.8 Å². The summed E-state index contributed by atoms with van der Waals surface area (Å²) < 4.78 is 7.83. The number of H-pyrrole nitrogens is 1. The SMILES string of the molecule is CCCCC1CCC2CCCc3[nH]c(C=C4N=C(c5cccn5C)C=C4OC)c1c32. The molecule has 0 amide bonds. The molecule has 2 aromatic rings. The molecule has 0 saturated heterocycles. The van der Waals surface area contributed by atoms with E-state index >= 15 is 0 Å². The number of methoxy groups -OCH3 is 1. The van der Waals surface area contributed by atoms with Crippen molar-refractivity contribution in [2.75, 3.05) is 7.11 Å². The van der Waals surface area contributed by atoms with Crippen LogP contribution in [0.15, 0.2) is 40.9 Å². The van der Waals surface area contributed by atoms with Crippen molar-refractivity contribution in [3.8, 4) is 0 Å². The van der Waals surface area contributed by atoms with Crippen molar-refractivity contribution in [3.63, 3.8) is 0 Å². The molecule has 1 N–H and O–H groups in total. The van der Waals surface area contributed by atoms with Crippen molar-refractivity contribution in [2.24, 2.45) is 12.0 Å². The lowest BCUT2D eigenvalue weighted by molar-refractivity contribution is 0.303. The van der Waals surface area contributed by atoms with E-state index in [1.165, 1.54) is 62.8 Å². The first-order chi connectivity index (χ1) is 14.7. The number of nitrogens with one attached hydrogen (secondary N) is 1. The zero-order chi connectivity index (χ0) is 20.7. The fourth-order valence-electron chi connectivity index (χ4n) is 5.74. The van der Waals surface area contributed by atoms with Gasteiger partial charge in [0, 0.05) is 30.7 Å². The van der Waals surface area contributed by atoms with Gasteiger partial charge in [0.2, 0.25) is 0 Å². The number of rotatable bonds is 6. The number of nitrogens with zero attached hydrogens (tertiary/aromatic N) is 2. The molecule has 0 aromatic carbocycles. The monoisotopic (exact) mass is 403 g/mol. The largest absolute Gasteiger partial charge is 0.494 e. The molecule has 0 bridgehead atoms. The Balaban J connectivity index is 1.58. The lowest BCUT2D eigenvalue weighted by Crippen LogP contribution is -2.18. The highest BCUT2D eigenvalue weighted by molar-refractivity contribution is 6.11. The summed E-state index contributed by atoms with van der Waals surface area (Å²) in [4.78, 5) is 8.79. The van der Waals surface area contributed by atoms with E-state index in [0.717, 1.165) is 28.8 Å². The van der Waals surface area contributed by atoms with Crippen molar-refractivity contribution in [1.29, 1.82) is 0 Å². The van der Waals surface area contributed by atoms with E-state index in [1.54, 1.807) is 18.2 Å². The topological polar surface area (TPSA) is 42.3 Å². The van der Waals surface area contributed by atoms with Crippen molar-refractivity contribution in [1.82, 2.24) is 9.55 Å². The molecule has 3 heterocycles. The van der Waals surface area contributed by atoms with E-state index in [0.29, 0.717) is 5.92 Å². The van der Waals surface area contributed by atoms with Gasteiger partial charge in [0.1, 0.15) is 11.5 Å². The van der Waals surface area contributed by atoms with Gasteiger partial charge in [-0.3, -0.25) is 0 Å². The summed E-state index contributed by atoms with van der Waals surface area (Å²) in [5.74, 6) is 2.29. The van der Waals surface area contributed by atoms with E-state index < -0.39 is 0 Å². The van der Waals surface area contributed by atoms with Crippen LogP contribution in [0.25, 0.3) is 6.08 Å². The number of aromatic amines is 1. The number of allylic oxidation sites excluding steroid dienone is 1. The van der Waals surface area contributed by atoms with Crippen LogP contribution in [0, 0.1) is 0 Å². The van der Waals surface area contributed by atoms with Gasteiger partial charge in [-0.1, -0.05) is 19.8 Å². The minimum atomic E-state index is 0.679. The average Bonchev–Trinajstić information content (AvgIpc) is 3.46. The summed E-state index contributed by atoms with van der Waals surface area (Å²) >= 11 is 0. The number of aromatic nitrogens is 2. The number of aliphatic imine (C=N–C) groups is 1. The third-order valence-electron chi connectivity index (χ3n) is 7.22. The molecule has 0 saturated carbocycles. The molecule has 158 valence electrons. The molecule has 5 rings (SSSR count). The first kappa shape index (κ1) is 19.5. The average molecular weight is 404 g/mol. The Morgan fingerprint density at radius 1 is 1.27 bits per heavy atom. The summed E-state index contributed by atoms with van der Waals surface area (Å²) in [5.41, 5.74) is 9.04. The smallest absolute Gasteiger partial charge is 0.146 e. The Morgan fingerprint density at radius 2 is 2.17 bits per heavy atom. The van der Waals surface area contributed by atoms with Gasteiger partial charge in [-0.15, -0.1) is 0 Å². The highest BCUT2D eigenvalue weighted by Gasteiger charge is 2.35. The Bertz CT molecular complexity index is 1030. The van der Waals surface area contributed by atoms with Gasteiger partial charge in [-0.05, 0) is 79.7 Å². The third-order valence-corrected chi connectivity index (χ3v) is 7.22. The fraction of sp³-hybridized carbons (Fsp3) is 0.500. The standard InChI is InChI=1S/C26H33N3O/c1-4-5-8-17-12-13-18-9-6-10-19-25(18)26(17)22(27-19)15-21-24(30-3)16-20(28-21)23-11-7-14-29(23)2/h7,11,14-18,27H,4-6,8-10,12-13H2,1-3H3. The highest BCUT2D eigenvalue weighted by Crippen LogP contribution is 2.49. The third kappa shape index (κ3) is 3.27. The molecule has 4 nitrogen and oxygen atoms in total. The van der Waals surface area contributed by atoms with E-state index in [9.17, 15) is 0 Å². The van der Waals surface area contributed by atoms with Gasteiger partial charge in [-0.25, -0.2) is 4.99 Å². The summed E-state index contributed by atoms with van der Waals surface area (Å²) in [6, 6.07) is 4.16. The lowest BCUT2D eigenvalue weighted by atomic mass is 9.71. The second kappa shape index (κ2) is 7.98. The molecule has 2 aromatic heterocycles. The maximum absolute atomic E-state index is 5.72. The predicted octanol–water partition coefficient (Wildman–Crippen LogP) is 6.21. The van der Waals surface area contributed by atoms with Crippen LogP contribution in [-0.4, -0.2) is 22.4 Å².